The summed E-state index contributed by atoms with van der Waals surface area (Å²) in [6.45, 7) is 4.34. The number of rotatable bonds is 6. The van der Waals surface area contributed by atoms with Crippen LogP contribution < -0.4 is 11.5 Å². The van der Waals surface area contributed by atoms with E-state index in [-0.39, 0.29) is 16.5 Å². The second kappa shape index (κ2) is 6.46. The minimum atomic E-state index is -3.65. The first kappa shape index (κ1) is 17.7. The van der Waals surface area contributed by atoms with Crippen LogP contribution in [0.2, 0.25) is 0 Å². The van der Waals surface area contributed by atoms with Crippen LogP contribution >= 0.6 is 0 Å². The Labute approximate surface area is 135 Å². The van der Waals surface area contributed by atoms with E-state index >= 15 is 0 Å². The Bertz CT molecular complexity index is 851. The molecule has 1 unspecified atom stereocenters. The highest BCUT2D eigenvalue weighted by Crippen LogP contribution is 2.21. The van der Waals surface area contributed by atoms with Gasteiger partial charge in [0.1, 0.15) is 0 Å². The number of fused-ring (bicyclic) bond motifs is 1. The molecular weight excluding hydrogens is 318 g/mol. The molecule has 0 saturated heterocycles. The first-order valence-electron chi connectivity index (χ1n) is 7.46. The van der Waals surface area contributed by atoms with Crippen LogP contribution in [0.15, 0.2) is 32.3 Å². The van der Waals surface area contributed by atoms with Crippen molar-refractivity contribution in [2.45, 2.75) is 31.2 Å². The van der Waals surface area contributed by atoms with E-state index < -0.39 is 15.8 Å². The van der Waals surface area contributed by atoms with Crippen LogP contribution in [0.25, 0.3) is 11.1 Å². The fourth-order valence-corrected chi connectivity index (χ4v) is 3.44. The molecule has 8 heteroatoms. The molecule has 0 saturated carbocycles. The number of oxazole rings is 1. The second-order valence-corrected chi connectivity index (χ2v) is 8.12. The second-order valence-electron chi connectivity index (χ2n) is 6.08. The lowest BCUT2D eigenvalue weighted by atomic mass is 10.0. The van der Waals surface area contributed by atoms with Crippen LogP contribution in [0.1, 0.15) is 20.3 Å². The third-order valence-corrected chi connectivity index (χ3v) is 5.96. The molecule has 0 spiro atoms. The molecule has 0 radical (unpaired) electrons. The van der Waals surface area contributed by atoms with E-state index in [9.17, 15) is 13.2 Å². The van der Waals surface area contributed by atoms with Gasteiger partial charge >= 0.3 is 5.76 Å². The van der Waals surface area contributed by atoms with Crippen molar-refractivity contribution in [1.82, 2.24) is 8.87 Å². The molecule has 2 N–H and O–H groups in total. The number of aromatic nitrogens is 1. The molecule has 1 atom stereocenters. The van der Waals surface area contributed by atoms with Gasteiger partial charge in [0, 0.05) is 32.7 Å². The summed E-state index contributed by atoms with van der Waals surface area (Å²) in [4.78, 5) is 11.6. The molecule has 1 aromatic carbocycles. The molecular formula is C15H23N3O4S. The Morgan fingerprint density at radius 2 is 2.00 bits per heavy atom. The minimum Gasteiger partial charge on any atom is -0.408 e. The van der Waals surface area contributed by atoms with Crippen molar-refractivity contribution in [3.8, 4) is 0 Å². The van der Waals surface area contributed by atoms with E-state index in [1.54, 1.807) is 13.1 Å². The molecule has 0 aliphatic rings. The van der Waals surface area contributed by atoms with Gasteiger partial charge in [-0.3, -0.25) is 4.57 Å². The minimum absolute atomic E-state index is 0.0534. The summed E-state index contributed by atoms with van der Waals surface area (Å²) >= 11 is 0. The van der Waals surface area contributed by atoms with Crippen molar-refractivity contribution in [2.24, 2.45) is 18.7 Å². The maximum atomic E-state index is 12.6. The molecule has 2 rings (SSSR count). The summed E-state index contributed by atoms with van der Waals surface area (Å²) in [6.07, 6.45) is 0.579. The van der Waals surface area contributed by atoms with Gasteiger partial charge < -0.3 is 10.2 Å². The summed E-state index contributed by atoms with van der Waals surface area (Å²) < 4.78 is 32.9. The zero-order valence-electron chi connectivity index (χ0n) is 13.8. The molecule has 0 aliphatic carbocycles. The summed E-state index contributed by atoms with van der Waals surface area (Å²) in [6, 6.07) is 4.37. The average molecular weight is 341 g/mol. The highest BCUT2D eigenvalue weighted by Gasteiger charge is 2.23. The van der Waals surface area contributed by atoms with Gasteiger partial charge in [-0.15, -0.1) is 0 Å². The predicted octanol–water partition coefficient (Wildman–Crippen LogP) is 1.13. The highest BCUT2D eigenvalue weighted by atomic mass is 32.2. The summed E-state index contributed by atoms with van der Waals surface area (Å²) in [5.41, 5.74) is 6.78. The molecule has 0 fully saturated rings. The maximum absolute atomic E-state index is 12.6. The van der Waals surface area contributed by atoms with Gasteiger partial charge in [0.15, 0.2) is 5.58 Å². The fraction of sp³-hybridized carbons (Fsp3) is 0.533. The molecule has 0 amide bonds. The molecule has 1 aromatic heterocycles. The Morgan fingerprint density at radius 3 is 2.61 bits per heavy atom. The van der Waals surface area contributed by atoms with E-state index in [0.717, 1.165) is 0 Å². The first-order valence-corrected chi connectivity index (χ1v) is 8.90. The molecule has 7 nitrogen and oxygen atoms in total. The van der Waals surface area contributed by atoms with Crippen LogP contribution in [0.4, 0.5) is 0 Å². The van der Waals surface area contributed by atoms with Gasteiger partial charge in [0.2, 0.25) is 10.0 Å². The van der Waals surface area contributed by atoms with E-state index in [1.807, 2.05) is 13.8 Å². The topological polar surface area (TPSA) is 98.5 Å². The van der Waals surface area contributed by atoms with Crippen molar-refractivity contribution >= 4 is 21.1 Å². The number of sulfonamides is 1. The molecule has 0 bridgehead atoms. The van der Waals surface area contributed by atoms with E-state index in [2.05, 4.69) is 0 Å². The van der Waals surface area contributed by atoms with E-state index in [1.165, 1.54) is 28.1 Å². The molecule has 128 valence electrons. The van der Waals surface area contributed by atoms with Crippen LogP contribution in [0.5, 0.6) is 0 Å². The number of hydrogen-bond donors (Lipinski definition) is 1. The van der Waals surface area contributed by atoms with E-state index in [0.29, 0.717) is 24.4 Å². The molecule has 1 heterocycles. The van der Waals surface area contributed by atoms with Crippen molar-refractivity contribution in [1.29, 1.82) is 0 Å². The lowest BCUT2D eigenvalue weighted by molar-refractivity contribution is 0.397. The van der Waals surface area contributed by atoms with Gasteiger partial charge in [-0.2, -0.15) is 0 Å². The quantitative estimate of drug-likeness (QED) is 0.849. The lowest BCUT2D eigenvalue weighted by Crippen LogP contribution is -2.34. The Balaban J connectivity index is 2.26. The zero-order valence-corrected chi connectivity index (χ0v) is 14.6. The van der Waals surface area contributed by atoms with Crippen molar-refractivity contribution in [3.05, 3.63) is 28.7 Å². The van der Waals surface area contributed by atoms with Crippen LogP contribution in [-0.4, -0.2) is 36.9 Å². The van der Waals surface area contributed by atoms with Crippen LogP contribution in [0, 0.1) is 5.92 Å². The van der Waals surface area contributed by atoms with Gasteiger partial charge in [-0.05, 0) is 24.5 Å². The van der Waals surface area contributed by atoms with Crippen molar-refractivity contribution in [2.75, 3.05) is 13.6 Å². The third kappa shape index (κ3) is 3.49. The predicted molar refractivity (Wildman–Crippen MR) is 88.7 cm³/mol. The van der Waals surface area contributed by atoms with Gasteiger partial charge in [-0.25, -0.2) is 17.5 Å². The maximum Gasteiger partial charge on any atom is 0.419 e. The summed E-state index contributed by atoms with van der Waals surface area (Å²) in [5.74, 6) is -0.230. The summed E-state index contributed by atoms with van der Waals surface area (Å²) in [7, 11) is -0.556. The van der Waals surface area contributed by atoms with Crippen LogP contribution in [0.3, 0.4) is 0 Å². The first-order chi connectivity index (χ1) is 10.6. The number of hydrogen-bond acceptors (Lipinski definition) is 5. The number of nitrogens with two attached hydrogens (primary N) is 1. The number of nitrogens with zero attached hydrogens (tertiary/aromatic N) is 2. The third-order valence-electron chi connectivity index (χ3n) is 4.11. The Kier molecular flexibility index (Phi) is 4.98. The Morgan fingerprint density at radius 1 is 1.35 bits per heavy atom. The summed E-state index contributed by atoms with van der Waals surface area (Å²) in [5, 5.41) is 0. The zero-order chi connectivity index (χ0) is 17.4. The van der Waals surface area contributed by atoms with Crippen molar-refractivity contribution < 1.29 is 12.8 Å². The van der Waals surface area contributed by atoms with Crippen molar-refractivity contribution in [3.63, 3.8) is 0 Å². The molecule has 23 heavy (non-hydrogen) atoms. The van der Waals surface area contributed by atoms with E-state index in [4.69, 9.17) is 10.2 Å². The normalized spacial score (nSPS) is 14.0. The number of aryl methyl sites for hydroxylation is 1. The smallest absolute Gasteiger partial charge is 0.408 e. The monoisotopic (exact) mass is 341 g/mol. The Hall–Kier alpha value is -1.64. The largest absolute Gasteiger partial charge is 0.419 e. The van der Waals surface area contributed by atoms with Gasteiger partial charge in [0.25, 0.3) is 0 Å². The average Bonchev–Trinajstić information content (AvgIpc) is 2.78. The van der Waals surface area contributed by atoms with Crippen LogP contribution in [-0.2, 0) is 17.1 Å². The SMILES string of the molecule is CC(C)C(N)CCN(C)S(=O)(=O)c1ccc2c(c1)oc(=O)n2C. The standard InChI is InChI=1S/C15H23N3O4S/c1-10(2)12(16)7-8-17(3)23(20,21)11-5-6-13-14(9-11)22-15(19)18(13)4/h5-6,9-10,12H,7-8,16H2,1-4H3. The fourth-order valence-electron chi connectivity index (χ4n) is 2.24. The number of benzene rings is 1. The lowest BCUT2D eigenvalue weighted by Gasteiger charge is -2.21. The van der Waals surface area contributed by atoms with Gasteiger partial charge in [-0.1, -0.05) is 13.8 Å². The molecule has 0 aliphatic heterocycles. The highest BCUT2D eigenvalue weighted by molar-refractivity contribution is 7.89. The molecule has 2 aromatic rings. The van der Waals surface area contributed by atoms with Gasteiger partial charge in [0.05, 0.1) is 10.4 Å².